The van der Waals surface area contributed by atoms with Crippen molar-refractivity contribution in [2.75, 3.05) is 10.6 Å². The number of hydrogen-bond donors (Lipinski definition) is 3. The number of carbonyl (C=O) groups excluding carboxylic acids is 3. The summed E-state index contributed by atoms with van der Waals surface area (Å²) in [4.78, 5) is 39.9. The quantitative estimate of drug-likeness (QED) is 0.127. The van der Waals surface area contributed by atoms with E-state index in [-0.39, 0.29) is 11.6 Å². The molecular weight excluding hydrogens is 622 g/mol. The largest absolute Gasteiger partial charge is 0.325 e. The highest BCUT2D eigenvalue weighted by Crippen LogP contribution is 2.28. The van der Waals surface area contributed by atoms with Crippen molar-refractivity contribution in [3.05, 3.63) is 129 Å². The van der Waals surface area contributed by atoms with Crippen molar-refractivity contribution in [2.24, 2.45) is 0 Å². The Kier molecular flexibility index (Phi) is 10.4. The zero-order valence-corrected chi connectivity index (χ0v) is 25.4. The predicted octanol–water partition coefficient (Wildman–Crippen LogP) is 7.94. The second-order valence-electron chi connectivity index (χ2n) is 9.08. The highest BCUT2D eigenvalue weighted by atomic mass is 79.9. The second-order valence-corrected chi connectivity index (χ2v) is 11.8. The zero-order valence-electron chi connectivity index (χ0n) is 22.3. The molecule has 208 valence electrons. The van der Waals surface area contributed by atoms with Gasteiger partial charge in [0, 0.05) is 31.3 Å². The van der Waals surface area contributed by atoms with Crippen LogP contribution in [-0.2, 0) is 9.59 Å². The molecule has 9 heteroatoms. The van der Waals surface area contributed by atoms with Gasteiger partial charge in [-0.25, -0.2) is 0 Å². The summed E-state index contributed by atoms with van der Waals surface area (Å²) in [6.07, 6.45) is 1.61. The predicted molar refractivity (Wildman–Crippen MR) is 171 cm³/mol. The van der Waals surface area contributed by atoms with Crippen LogP contribution >= 0.6 is 39.3 Å². The fraction of sp³-hybridized carbons (Fsp3) is 0.0938. The first kappa shape index (κ1) is 30.1. The summed E-state index contributed by atoms with van der Waals surface area (Å²) in [5.41, 5.74) is 3.23. The van der Waals surface area contributed by atoms with Crippen LogP contribution in [0, 0.1) is 6.92 Å². The van der Waals surface area contributed by atoms with Gasteiger partial charge in [-0.15, -0.1) is 11.8 Å². The van der Waals surface area contributed by atoms with E-state index in [1.54, 1.807) is 60.7 Å². The Morgan fingerprint density at radius 2 is 1.61 bits per heavy atom. The molecule has 3 N–H and O–H groups in total. The molecule has 0 fully saturated rings. The van der Waals surface area contributed by atoms with Gasteiger partial charge in [-0.05, 0) is 85.6 Å². The van der Waals surface area contributed by atoms with Crippen molar-refractivity contribution in [3.63, 3.8) is 0 Å². The molecule has 1 atom stereocenters. The number of hydrogen-bond acceptors (Lipinski definition) is 4. The number of thioether (sulfide) groups is 1. The highest BCUT2D eigenvalue weighted by Gasteiger charge is 2.18. The average Bonchev–Trinajstić information content (AvgIpc) is 2.95. The molecule has 0 radical (unpaired) electrons. The van der Waals surface area contributed by atoms with E-state index in [0.29, 0.717) is 22.0 Å². The normalized spacial score (nSPS) is 11.9. The van der Waals surface area contributed by atoms with E-state index in [0.717, 1.165) is 20.5 Å². The minimum Gasteiger partial charge on any atom is -0.325 e. The standard InChI is InChI=1S/C32H27BrClN3O3S/c1-20-27(34)15-8-16-28(20)36-30(38)21(2)41-26-14-7-13-25(19-26)35-32(40)29(18-22-9-6-12-24(33)17-22)37-31(39)23-10-4-3-5-11-23/h3-19,21H,1-2H3,(H,35,40)(H,36,38)(H,37,39)/b29-18+. The molecule has 1 unspecified atom stereocenters. The van der Waals surface area contributed by atoms with Crippen LogP contribution in [0.25, 0.3) is 6.08 Å². The fourth-order valence-electron chi connectivity index (χ4n) is 3.79. The number of benzene rings is 4. The third-order valence-electron chi connectivity index (χ3n) is 5.99. The molecule has 4 rings (SSSR count). The van der Waals surface area contributed by atoms with Crippen LogP contribution in [0.15, 0.2) is 112 Å². The molecule has 4 aromatic carbocycles. The van der Waals surface area contributed by atoms with Gasteiger partial charge in [0.05, 0.1) is 5.25 Å². The van der Waals surface area contributed by atoms with Crippen LogP contribution in [-0.4, -0.2) is 23.0 Å². The SMILES string of the molecule is Cc1c(Cl)cccc1NC(=O)C(C)Sc1cccc(NC(=O)/C(=C\c2cccc(Br)c2)NC(=O)c2ccccc2)c1. The Hall–Kier alpha value is -3.85. The third kappa shape index (κ3) is 8.57. The smallest absolute Gasteiger partial charge is 0.272 e. The maximum Gasteiger partial charge on any atom is 0.272 e. The van der Waals surface area contributed by atoms with Crippen molar-refractivity contribution in [1.29, 1.82) is 0 Å². The maximum atomic E-state index is 13.4. The van der Waals surface area contributed by atoms with E-state index in [1.165, 1.54) is 11.8 Å². The van der Waals surface area contributed by atoms with Gasteiger partial charge < -0.3 is 16.0 Å². The molecule has 41 heavy (non-hydrogen) atoms. The number of carbonyl (C=O) groups is 3. The Bertz CT molecular complexity index is 1610. The lowest BCUT2D eigenvalue weighted by Gasteiger charge is -2.15. The van der Waals surface area contributed by atoms with Crippen LogP contribution in [0.3, 0.4) is 0 Å². The molecule has 0 saturated carbocycles. The van der Waals surface area contributed by atoms with Crippen molar-refractivity contribution in [1.82, 2.24) is 5.32 Å². The first-order valence-electron chi connectivity index (χ1n) is 12.7. The second kappa shape index (κ2) is 14.2. The summed E-state index contributed by atoms with van der Waals surface area (Å²) in [5, 5.41) is 8.70. The van der Waals surface area contributed by atoms with Crippen LogP contribution in [0.2, 0.25) is 5.02 Å². The Labute approximate surface area is 256 Å². The van der Waals surface area contributed by atoms with Crippen LogP contribution in [0.4, 0.5) is 11.4 Å². The average molecular weight is 649 g/mol. The van der Waals surface area contributed by atoms with Gasteiger partial charge in [0.1, 0.15) is 5.70 Å². The molecule has 0 saturated heterocycles. The minimum atomic E-state index is -0.487. The van der Waals surface area contributed by atoms with Gasteiger partial charge in [-0.2, -0.15) is 0 Å². The summed E-state index contributed by atoms with van der Waals surface area (Å²) in [7, 11) is 0. The molecular formula is C32H27BrClN3O3S. The maximum absolute atomic E-state index is 13.4. The molecule has 3 amide bonds. The van der Waals surface area contributed by atoms with Crippen LogP contribution in [0.5, 0.6) is 0 Å². The van der Waals surface area contributed by atoms with E-state index in [9.17, 15) is 14.4 Å². The molecule has 0 bridgehead atoms. The Morgan fingerprint density at radius 3 is 2.37 bits per heavy atom. The Morgan fingerprint density at radius 1 is 0.878 bits per heavy atom. The molecule has 0 aliphatic heterocycles. The molecule has 0 aliphatic carbocycles. The summed E-state index contributed by atoms with van der Waals surface area (Å²) in [6, 6.07) is 28.6. The third-order valence-corrected chi connectivity index (χ3v) is 7.98. The minimum absolute atomic E-state index is 0.0830. The van der Waals surface area contributed by atoms with E-state index in [4.69, 9.17) is 11.6 Å². The molecule has 0 aliphatic rings. The first-order valence-corrected chi connectivity index (χ1v) is 14.7. The van der Waals surface area contributed by atoms with Gasteiger partial charge in [-0.1, -0.05) is 70.0 Å². The van der Waals surface area contributed by atoms with E-state index < -0.39 is 17.1 Å². The number of halogens is 2. The van der Waals surface area contributed by atoms with E-state index >= 15 is 0 Å². The number of rotatable bonds is 9. The molecule has 0 spiro atoms. The summed E-state index contributed by atoms with van der Waals surface area (Å²) in [6.45, 7) is 3.66. The number of nitrogens with one attached hydrogen (secondary N) is 3. The van der Waals surface area contributed by atoms with Gasteiger partial charge in [-0.3, -0.25) is 14.4 Å². The van der Waals surface area contributed by atoms with E-state index in [1.807, 2.05) is 56.3 Å². The van der Waals surface area contributed by atoms with Gasteiger partial charge in [0.15, 0.2) is 0 Å². The van der Waals surface area contributed by atoms with Gasteiger partial charge >= 0.3 is 0 Å². The highest BCUT2D eigenvalue weighted by molar-refractivity contribution is 9.10. The van der Waals surface area contributed by atoms with E-state index in [2.05, 4.69) is 31.9 Å². The van der Waals surface area contributed by atoms with Crippen molar-refractivity contribution < 1.29 is 14.4 Å². The van der Waals surface area contributed by atoms with Crippen LogP contribution < -0.4 is 16.0 Å². The lowest BCUT2D eigenvalue weighted by Crippen LogP contribution is -2.30. The molecule has 4 aromatic rings. The van der Waals surface area contributed by atoms with Crippen molar-refractivity contribution in [3.8, 4) is 0 Å². The van der Waals surface area contributed by atoms with Gasteiger partial charge in [0.25, 0.3) is 11.8 Å². The monoisotopic (exact) mass is 647 g/mol. The molecule has 6 nitrogen and oxygen atoms in total. The topological polar surface area (TPSA) is 87.3 Å². The summed E-state index contributed by atoms with van der Waals surface area (Å²) < 4.78 is 0.841. The number of amides is 3. The van der Waals surface area contributed by atoms with Crippen LogP contribution in [0.1, 0.15) is 28.4 Å². The van der Waals surface area contributed by atoms with Crippen molar-refractivity contribution >= 4 is 74.5 Å². The number of anilines is 2. The zero-order chi connectivity index (χ0) is 29.4. The fourth-order valence-corrected chi connectivity index (χ4v) is 5.30. The summed E-state index contributed by atoms with van der Waals surface area (Å²) in [5.74, 6) is -1.06. The van der Waals surface area contributed by atoms with Crippen molar-refractivity contribution in [2.45, 2.75) is 24.0 Å². The molecule has 0 aromatic heterocycles. The molecule has 0 heterocycles. The Balaban J connectivity index is 1.48. The lowest BCUT2D eigenvalue weighted by atomic mass is 10.1. The summed E-state index contributed by atoms with van der Waals surface area (Å²) >= 11 is 11.0. The lowest BCUT2D eigenvalue weighted by molar-refractivity contribution is -0.115. The van der Waals surface area contributed by atoms with Gasteiger partial charge in [0.2, 0.25) is 5.91 Å². The first-order chi connectivity index (χ1) is 19.7.